The third-order valence-electron chi connectivity index (χ3n) is 5.48. The molecule has 2 N–H and O–H groups in total. The number of aliphatic hydroxyl groups is 1. The molecule has 4 rings (SSSR count). The number of fused-ring (bicyclic) bond motifs is 1. The van der Waals surface area contributed by atoms with Crippen molar-refractivity contribution in [3.05, 3.63) is 78.3 Å². The number of halogens is 1. The third-order valence-corrected chi connectivity index (χ3v) is 9.56. The maximum atomic E-state index is 14.1. The molecule has 1 heterocycles. The molecule has 1 aliphatic rings. The van der Waals surface area contributed by atoms with Gasteiger partial charge in [-0.25, -0.2) is 16.8 Å². The molecule has 180 valence electrons. The number of allylic oxidation sites excluding steroid dienone is 1. The van der Waals surface area contributed by atoms with Crippen molar-refractivity contribution >= 4 is 48.6 Å². The zero-order chi connectivity index (χ0) is 24.7. The van der Waals surface area contributed by atoms with Crippen molar-refractivity contribution < 1.29 is 35.7 Å². The Bertz CT molecular complexity index is 1500. The van der Waals surface area contributed by atoms with Crippen LogP contribution in [0, 0.1) is 5.82 Å². The zero-order valence-electron chi connectivity index (χ0n) is 17.5. The maximum Gasteiger partial charge on any atom is 0.268 e. The summed E-state index contributed by atoms with van der Waals surface area (Å²) in [6.07, 6.45) is 2.10. The Morgan fingerprint density at radius 3 is 2.47 bits per heavy atom. The number of thioether (sulfide) groups is 1. The maximum absolute atomic E-state index is 14.1. The van der Waals surface area contributed by atoms with E-state index >= 15 is 0 Å². The van der Waals surface area contributed by atoms with Gasteiger partial charge in [-0.1, -0.05) is 18.2 Å². The Labute approximate surface area is 199 Å². The number of hydrogen-bond donors (Lipinski definition) is 2. The van der Waals surface area contributed by atoms with Gasteiger partial charge in [0.1, 0.15) is 11.4 Å². The first-order valence-electron chi connectivity index (χ1n) is 10.1. The van der Waals surface area contributed by atoms with E-state index in [-0.39, 0.29) is 34.1 Å². The summed E-state index contributed by atoms with van der Waals surface area (Å²) in [6.45, 7) is 0. The number of rotatable bonds is 7. The molecule has 2 atom stereocenters. The van der Waals surface area contributed by atoms with Crippen LogP contribution in [0.15, 0.2) is 71.6 Å². The highest BCUT2D eigenvalue weighted by Crippen LogP contribution is 2.42. The molecule has 0 aliphatic heterocycles. The van der Waals surface area contributed by atoms with Crippen molar-refractivity contribution in [2.45, 2.75) is 22.2 Å². The fourth-order valence-corrected chi connectivity index (χ4v) is 7.69. The SMILES string of the molecule is O=C1C=CC(O)(c2cc3ccc(F)cc3n2S(=O)(=O)c2ccccc2)C(SCCS(=O)(=O)O)C1. The second kappa shape index (κ2) is 8.93. The van der Waals surface area contributed by atoms with E-state index in [2.05, 4.69) is 0 Å². The van der Waals surface area contributed by atoms with Gasteiger partial charge in [0.15, 0.2) is 5.78 Å². The van der Waals surface area contributed by atoms with Gasteiger partial charge in [0, 0.05) is 17.6 Å². The topological polar surface area (TPSA) is 131 Å². The molecule has 12 heteroatoms. The lowest BCUT2D eigenvalue weighted by atomic mass is 9.87. The van der Waals surface area contributed by atoms with Crippen molar-refractivity contribution in [1.29, 1.82) is 0 Å². The van der Waals surface area contributed by atoms with Crippen LogP contribution < -0.4 is 0 Å². The Hall–Kier alpha value is -2.51. The van der Waals surface area contributed by atoms with Gasteiger partial charge in [0.2, 0.25) is 0 Å². The highest BCUT2D eigenvalue weighted by atomic mass is 32.2. The van der Waals surface area contributed by atoms with Crippen molar-refractivity contribution in [2.24, 2.45) is 0 Å². The molecule has 0 saturated carbocycles. The van der Waals surface area contributed by atoms with Crippen LogP contribution in [0.5, 0.6) is 0 Å². The minimum atomic E-state index is -4.31. The molecule has 2 aromatic carbocycles. The molecule has 1 aliphatic carbocycles. The van der Waals surface area contributed by atoms with Crippen molar-refractivity contribution in [3.63, 3.8) is 0 Å². The van der Waals surface area contributed by atoms with Gasteiger partial charge in [-0.15, -0.1) is 0 Å². The number of carbonyl (C=O) groups excluding carboxylic acids is 1. The number of nitrogens with zero attached hydrogens (tertiary/aromatic N) is 1. The number of benzene rings is 2. The third kappa shape index (κ3) is 4.68. The molecular weight excluding hydrogens is 505 g/mol. The van der Waals surface area contributed by atoms with Gasteiger partial charge < -0.3 is 5.11 Å². The van der Waals surface area contributed by atoms with Gasteiger partial charge in [-0.05, 0) is 48.6 Å². The van der Waals surface area contributed by atoms with Crippen LogP contribution in [0.3, 0.4) is 0 Å². The minimum absolute atomic E-state index is 0.000681. The molecule has 0 amide bonds. The van der Waals surface area contributed by atoms with E-state index < -0.39 is 42.6 Å². The predicted molar refractivity (Wildman–Crippen MR) is 126 cm³/mol. The summed E-state index contributed by atoms with van der Waals surface area (Å²) < 4.78 is 73.6. The van der Waals surface area contributed by atoms with Crippen molar-refractivity contribution in [2.75, 3.05) is 11.5 Å². The summed E-state index contributed by atoms with van der Waals surface area (Å²) in [7, 11) is -8.59. The van der Waals surface area contributed by atoms with Crippen molar-refractivity contribution in [3.8, 4) is 0 Å². The molecule has 1 aromatic heterocycles. The van der Waals surface area contributed by atoms with E-state index in [9.17, 15) is 31.1 Å². The van der Waals surface area contributed by atoms with Crippen molar-refractivity contribution in [1.82, 2.24) is 3.97 Å². The van der Waals surface area contributed by atoms with Crippen LogP contribution >= 0.6 is 11.8 Å². The smallest absolute Gasteiger partial charge is 0.268 e. The average Bonchev–Trinajstić information content (AvgIpc) is 3.16. The van der Waals surface area contributed by atoms with Gasteiger partial charge in [-0.3, -0.25) is 9.35 Å². The Morgan fingerprint density at radius 2 is 1.79 bits per heavy atom. The average molecular weight is 526 g/mol. The quantitative estimate of drug-likeness (QED) is 0.450. The lowest BCUT2D eigenvalue weighted by Gasteiger charge is -2.36. The molecule has 2 unspecified atom stereocenters. The largest absolute Gasteiger partial charge is 0.378 e. The fraction of sp³-hybridized carbons (Fsp3) is 0.227. The standard InChI is InChI=1S/C22H20FNO7S3/c23-16-7-6-15-12-20(24(19(15)13-16)34(30,31)18-4-2-1-3-5-18)22(26)9-8-17(25)14-21(22)32-10-11-33(27,28)29/h1-9,12-13,21,26H,10-11,14H2,(H,27,28,29). The van der Waals surface area contributed by atoms with Gasteiger partial charge in [-0.2, -0.15) is 20.2 Å². The fourth-order valence-electron chi connectivity index (χ4n) is 3.85. The second-order valence-electron chi connectivity index (χ2n) is 7.79. The summed E-state index contributed by atoms with van der Waals surface area (Å²) in [5.41, 5.74) is -2.14. The number of ketones is 1. The summed E-state index contributed by atoms with van der Waals surface area (Å²) in [6, 6.07) is 12.4. The molecule has 0 radical (unpaired) electrons. The summed E-state index contributed by atoms with van der Waals surface area (Å²) >= 11 is 0.914. The zero-order valence-corrected chi connectivity index (χ0v) is 20.0. The van der Waals surface area contributed by atoms with E-state index in [4.69, 9.17) is 4.55 Å². The second-order valence-corrected chi connectivity index (χ2v) is 12.5. The predicted octanol–water partition coefficient (Wildman–Crippen LogP) is 2.72. The Balaban J connectivity index is 1.93. The molecule has 0 bridgehead atoms. The molecular formula is C22H20FNO7S3. The van der Waals surface area contributed by atoms with Crippen LogP contribution in [0.25, 0.3) is 10.9 Å². The number of aromatic nitrogens is 1. The first kappa shape index (κ1) is 24.6. The number of carbonyl (C=O) groups is 1. The van der Waals surface area contributed by atoms with Crippen LogP contribution in [-0.4, -0.2) is 53.0 Å². The molecule has 0 fully saturated rings. The van der Waals surface area contributed by atoms with Crippen LogP contribution in [0.2, 0.25) is 0 Å². The minimum Gasteiger partial charge on any atom is -0.378 e. The highest BCUT2D eigenvalue weighted by molar-refractivity contribution is 8.00. The van der Waals surface area contributed by atoms with E-state index in [1.54, 1.807) is 6.07 Å². The highest BCUT2D eigenvalue weighted by Gasteiger charge is 2.44. The normalized spacial score (nSPS) is 21.3. The first-order chi connectivity index (χ1) is 15.9. The molecule has 3 aromatic rings. The van der Waals surface area contributed by atoms with Crippen LogP contribution in [-0.2, 0) is 30.5 Å². The van der Waals surface area contributed by atoms with Gasteiger partial charge >= 0.3 is 0 Å². The summed E-state index contributed by atoms with van der Waals surface area (Å²) in [5, 5.41) is 11.1. The summed E-state index contributed by atoms with van der Waals surface area (Å²) in [5.74, 6) is -1.78. The Morgan fingerprint density at radius 1 is 1.09 bits per heavy atom. The lowest BCUT2D eigenvalue weighted by Crippen LogP contribution is -2.42. The van der Waals surface area contributed by atoms with Gasteiger partial charge in [0.25, 0.3) is 20.1 Å². The van der Waals surface area contributed by atoms with E-state index in [1.807, 2.05) is 0 Å². The van der Waals surface area contributed by atoms with Gasteiger partial charge in [0.05, 0.1) is 27.1 Å². The summed E-state index contributed by atoms with van der Waals surface area (Å²) in [4.78, 5) is 12.0. The molecule has 0 spiro atoms. The van der Waals surface area contributed by atoms with Crippen LogP contribution in [0.4, 0.5) is 4.39 Å². The monoisotopic (exact) mass is 525 g/mol. The molecule has 34 heavy (non-hydrogen) atoms. The van der Waals surface area contributed by atoms with E-state index in [1.165, 1.54) is 42.5 Å². The lowest BCUT2D eigenvalue weighted by molar-refractivity contribution is -0.116. The first-order valence-corrected chi connectivity index (χ1v) is 14.1. The van der Waals surface area contributed by atoms with E-state index in [0.29, 0.717) is 5.39 Å². The van der Waals surface area contributed by atoms with Crippen LogP contribution in [0.1, 0.15) is 12.1 Å². The Kier molecular flexibility index (Phi) is 6.46. The number of hydrogen-bond acceptors (Lipinski definition) is 7. The molecule has 8 nitrogen and oxygen atoms in total. The van der Waals surface area contributed by atoms with E-state index in [0.717, 1.165) is 33.9 Å². The molecule has 0 saturated heterocycles.